The predicted molar refractivity (Wildman–Crippen MR) is 89.9 cm³/mol. The van der Waals surface area contributed by atoms with Crippen molar-refractivity contribution < 1.29 is 19.0 Å². The summed E-state index contributed by atoms with van der Waals surface area (Å²) in [7, 11) is 4.65. The van der Waals surface area contributed by atoms with Crippen LogP contribution in [0.4, 0.5) is 0 Å². The van der Waals surface area contributed by atoms with Gasteiger partial charge in [-0.15, -0.1) is 0 Å². The van der Waals surface area contributed by atoms with E-state index in [0.717, 1.165) is 25.6 Å². The minimum Gasteiger partial charge on any atom is -0.493 e. The van der Waals surface area contributed by atoms with Crippen LogP contribution in [0.15, 0.2) is 12.1 Å². The molecule has 5 nitrogen and oxygen atoms in total. The molecule has 0 aliphatic carbocycles. The molecule has 1 saturated heterocycles. The zero-order valence-electron chi connectivity index (χ0n) is 14.6. The van der Waals surface area contributed by atoms with Gasteiger partial charge in [-0.2, -0.15) is 0 Å². The number of hydrogen-bond donors (Lipinski definition) is 0. The average molecular weight is 321 g/mol. The molecule has 2 rings (SSSR count). The molecule has 1 aliphatic heterocycles. The van der Waals surface area contributed by atoms with Crippen LogP contribution in [-0.4, -0.2) is 51.6 Å². The van der Waals surface area contributed by atoms with E-state index in [-0.39, 0.29) is 5.78 Å². The second-order valence-electron chi connectivity index (χ2n) is 6.08. The summed E-state index contributed by atoms with van der Waals surface area (Å²) in [5.41, 5.74) is 0.551. The third-order valence-electron chi connectivity index (χ3n) is 4.54. The molecule has 0 saturated carbocycles. The summed E-state index contributed by atoms with van der Waals surface area (Å²) in [5, 5.41) is 0. The average Bonchev–Trinajstić information content (AvgIpc) is 2.59. The van der Waals surface area contributed by atoms with Gasteiger partial charge in [0.15, 0.2) is 17.3 Å². The molecule has 0 bridgehead atoms. The summed E-state index contributed by atoms with van der Waals surface area (Å²) in [4.78, 5) is 15.0. The number of carbonyl (C=O) groups excluding carboxylic acids is 1. The van der Waals surface area contributed by atoms with Gasteiger partial charge >= 0.3 is 0 Å². The highest BCUT2D eigenvalue weighted by molar-refractivity contribution is 6.00. The Hall–Kier alpha value is -1.75. The minimum absolute atomic E-state index is 0.0708. The Labute approximate surface area is 138 Å². The van der Waals surface area contributed by atoms with E-state index in [2.05, 4.69) is 11.8 Å². The van der Waals surface area contributed by atoms with Crippen LogP contribution < -0.4 is 14.2 Å². The van der Waals surface area contributed by atoms with E-state index < -0.39 is 0 Å². The quantitative estimate of drug-likeness (QED) is 0.723. The van der Waals surface area contributed by atoms with E-state index in [0.29, 0.717) is 29.2 Å². The van der Waals surface area contributed by atoms with E-state index in [1.54, 1.807) is 33.5 Å². The highest BCUT2D eigenvalue weighted by Crippen LogP contribution is 2.40. The van der Waals surface area contributed by atoms with E-state index >= 15 is 0 Å². The molecule has 0 atom stereocenters. The van der Waals surface area contributed by atoms with Gasteiger partial charge in [0.2, 0.25) is 5.75 Å². The number of Topliss-reactive ketones (excluding diaryl/α,β-unsaturated/α-hetero) is 1. The maximum Gasteiger partial charge on any atom is 0.204 e. The molecule has 128 valence electrons. The first-order chi connectivity index (χ1) is 11.1. The lowest BCUT2D eigenvalue weighted by Gasteiger charge is -2.29. The number of benzene rings is 1. The molecule has 1 aliphatic rings. The topological polar surface area (TPSA) is 48.0 Å². The summed E-state index contributed by atoms with van der Waals surface area (Å²) < 4.78 is 16.0. The summed E-state index contributed by atoms with van der Waals surface area (Å²) in [6.45, 7) is 5.25. The van der Waals surface area contributed by atoms with Crippen LogP contribution in [-0.2, 0) is 0 Å². The van der Waals surface area contributed by atoms with Crippen LogP contribution >= 0.6 is 0 Å². The zero-order valence-corrected chi connectivity index (χ0v) is 14.6. The fraction of sp³-hybridized carbons (Fsp3) is 0.611. The first kappa shape index (κ1) is 17.6. The lowest BCUT2D eigenvalue weighted by atomic mass is 9.98. The standard InChI is InChI=1S/C18H27NO4/c1-13-7-10-19(11-8-13)12-9-15(20)14-5-6-16(21-2)18(23-4)17(14)22-3/h5-6,13H,7-12H2,1-4H3. The van der Waals surface area contributed by atoms with Crippen LogP contribution in [0.5, 0.6) is 17.2 Å². The van der Waals surface area contributed by atoms with Gasteiger partial charge in [0.25, 0.3) is 0 Å². The first-order valence-electron chi connectivity index (χ1n) is 8.15. The normalized spacial score (nSPS) is 16.2. The van der Waals surface area contributed by atoms with Crippen LogP contribution in [0.25, 0.3) is 0 Å². The molecule has 1 heterocycles. The third-order valence-corrected chi connectivity index (χ3v) is 4.54. The Balaban J connectivity index is 2.07. The van der Waals surface area contributed by atoms with Gasteiger partial charge in [-0.3, -0.25) is 4.79 Å². The Morgan fingerprint density at radius 3 is 2.30 bits per heavy atom. The molecule has 0 radical (unpaired) electrons. The van der Waals surface area contributed by atoms with Gasteiger partial charge < -0.3 is 19.1 Å². The summed E-state index contributed by atoms with van der Waals surface area (Å²) >= 11 is 0. The summed E-state index contributed by atoms with van der Waals surface area (Å²) in [5.74, 6) is 2.34. The van der Waals surface area contributed by atoms with Gasteiger partial charge in [-0.05, 0) is 44.0 Å². The lowest BCUT2D eigenvalue weighted by Crippen LogP contribution is -2.34. The molecule has 5 heteroatoms. The predicted octanol–water partition coefficient (Wildman–Crippen LogP) is 3.02. The van der Waals surface area contributed by atoms with Crippen LogP contribution in [0, 0.1) is 5.92 Å². The van der Waals surface area contributed by atoms with E-state index in [1.807, 2.05) is 0 Å². The number of piperidine rings is 1. The Morgan fingerprint density at radius 2 is 1.74 bits per heavy atom. The van der Waals surface area contributed by atoms with Crippen LogP contribution in [0.1, 0.15) is 36.5 Å². The highest BCUT2D eigenvalue weighted by Gasteiger charge is 2.22. The van der Waals surface area contributed by atoms with Gasteiger partial charge in [-0.1, -0.05) is 6.92 Å². The Bertz CT molecular complexity index is 536. The van der Waals surface area contributed by atoms with Crippen molar-refractivity contribution in [1.82, 2.24) is 4.90 Å². The molecule has 1 aromatic carbocycles. The largest absolute Gasteiger partial charge is 0.493 e. The molecule has 0 unspecified atom stereocenters. The summed E-state index contributed by atoms with van der Waals surface area (Å²) in [6, 6.07) is 3.50. The van der Waals surface area contributed by atoms with Gasteiger partial charge in [0.1, 0.15) is 0 Å². The Kier molecular flexibility index (Phi) is 6.28. The summed E-state index contributed by atoms with van der Waals surface area (Å²) in [6.07, 6.45) is 2.92. The molecule has 0 amide bonds. The van der Waals surface area contributed by atoms with Crippen molar-refractivity contribution in [3.8, 4) is 17.2 Å². The number of carbonyl (C=O) groups is 1. The number of ether oxygens (including phenoxy) is 3. The Morgan fingerprint density at radius 1 is 1.09 bits per heavy atom. The number of ketones is 1. The fourth-order valence-corrected chi connectivity index (χ4v) is 3.00. The van der Waals surface area contributed by atoms with Gasteiger partial charge in [0.05, 0.1) is 26.9 Å². The van der Waals surface area contributed by atoms with Crippen molar-refractivity contribution in [2.24, 2.45) is 5.92 Å². The molecule has 23 heavy (non-hydrogen) atoms. The van der Waals surface area contributed by atoms with Gasteiger partial charge in [0, 0.05) is 13.0 Å². The minimum atomic E-state index is 0.0708. The molecular formula is C18H27NO4. The molecule has 1 aromatic rings. The third kappa shape index (κ3) is 4.16. The van der Waals surface area contributed by atoms with Crippen LogP contribution in [0.2, 0.25) is 0 Å². The molecular weight excluding hydrogens is 294 g/mol. The maximum absolute atomic E-state index is 12.6. The maximum atomic E-state index is 12.6. The number of nitrogens with zero attached hydrogens (tertiary/aromatic N) is 1. The van der Waals surface area contributed by atoms with Crippen molar-refractivity contribution >= 4 is 5.78 Å². The number of likely N-dealkylation sites (tertiary alicyclic amines) is 1. The van der Waals surface area contributed by atoms with Crippen molar-refractivity contribution in [2.45, 2.75) is 26.2 Å². The van der Waals surface area contributed by atoms with Crippen molar-refractivity contribution in [1.29, 1.82) is 0 Å². The monoisotopic (exact) mass is 321 g/mol. The van der Waals surface area contributed by atoms with Crippen molar-refractivity contribution in [2.75, 3.05) is 41.0 Å². The van der Waals surface area contributed by atoms with Gasteiger partial charge in [-0.25, -0.2) is 0 Å². The fourth-order valence-electron chi connectivity index (χ4n) is 3.00. The molecule has 1 fully saturated rings. The van der Waals surface area contributed by atoms with E-state index in [4.69, 9.17) is 14.2 Å². The second-order valence-corrected chi connectivity index (χ2v) is 6.08. The smallest absolute Gasteiger partial charge is 0.204 e. The molecule has 0 N–H and O–H groups in total. The highest BCUT2D eigenvalue weighted by atomic mass is 16.5. The van der Waals surface area contributed by atoms with Crippen molar-refractivity contribution in [3.63, 3.8) is 0 Å². The van der Waals surface area contributed by atoms with E-state index in [9.17, 15) is 4.79 Å². The lowest BCUT2D eigenvalue weighted by molar-refractivity contribution is 0.0949. The van der Waals surface area contributed by atoms with Crippen molar-refractivity contribution in [3.05, 3.63) is 17.7 Å². The SMILES string of the molecule is COc1ccc(C(=O)CCN2CCC(C)CC2)c(OC)c1OC. The zero-order chi connectivity index (χ0) is 16.8. The van der Waals surface area contributed by atoms with Crippen LogP contribution in [0.3, 0.4) is 0 Å². The molecule has 0 spiro atoms. The first-order valence-corrected chi connectivity index (χ1v) is 8.15. The number of rotatable bonds is 7. The van der Waals surface area contributed by atoms with E-state index in [1.165, 1.54) is 12.8 Å². The number of methoxy groups -OCH3 is 3. The molecule has 0 aromatic heterocycles. The number of hydrogen-bond acceptors (Lipinski definition) is 5. The second kappa shape index (κ2) is 8.20.